The molecule has 1 atom stereocenters. The smallest absolute Gasteiger partial charge is 0.0204 e. The molecule has 0 aliphatic heterocycles. The van der Waals surface area contributed by atoms with Crippen molar-refractivity contribution >= 4 is 21.5 Å². The van der Waals surface area contributed by atoms with Crippen LogP contribution < -0.4 is 0 Å². The van der Waals surface area contributed by atoms with E-state index >= 15 is 0 Å². The topological polar surface area (TPSA) is 0 Å². The summed E-state index contributed by atoms with van der Waals surface area (Å²) in [7, 11) is 0. The molecule has 0 aromatic heterocycles. The van der Waals surface area contributed by atoms with Crippen molar-refractivity contribution in [2.75, 3.05) is 0 Å². The molecule has 0 fully saturated rings. The molecule has 0 nitrogen and oxygen atoms in total. The Bertz CT molecular complexity index is 1120. The lowest BCUT2D eigenvalue weighted by molar-refractivity contribution is 0.690. The first-order valence-electron chi connectivity index (χ1n) is 10.1. The number of fused-ring (bicyclic) bond motifs is 6. The lowest BCUT2D eigenvalue weighted by atomic mass is 9.86. The van der Waals surface area contributed by atoms with Crippen LogP contribution in [-0.2, 0) is 12.8 Å². The van der Waals surface area contributed by atoms with E-state index in [2.05, 4.69) is 91.1 Å². The van der Waals surface area contributed by atoms with Crippen molar-refractivity contribution in [2.45, 2.75) is 25.7 Å². The van der Waals surface area contributed by atoms with Crippen LogP contribution in [0.3, 0.4) is 0 Å². The van der Waals surface area contributed by atoms with Crippen molar-refractivity contribution in [3.63, 3.8) is 0 Å². The quantitative estimate of drug-likeness (QED) is 0.380. The van der Waals surface area contributed by atoms with Gasteiger partial charge in [-0.25, -0.2) is 0 Å². The summed E-state index contributed by atoms with van der Waals surface area (Å²) in [6.07, 6.45) is 20.2. The van der Waals surface area contributed by atoms with E-state index < -0.39 is 0 Å². The zero-order valence-corrected chi connectivity index (χ0v) is 15.6. The summed E-state index contributed by atoms with van der Waals surface area (Å²) in [6, 6.07) is 18.0. The minimum atomic E-state index is 0.579. The molecule has 0 spiro atoms. The average Bonchev–Trinajstić information content (AvgIpc) is 3.23. The highest BCUT2D eigenvalue weighted by Gasteiger charge is 2.13. The van der Waals surface area contributed by atoms with Crippen LogP contribution in [0.4, 0.5) is 0 Å². The van der Waals surface area contributed by atoms with Crippen molar-refractivity contribution < 1.29 is 0 Å². The van der Waals surface area contributed by atoms with Gasteiger partial charge >= 0.3 is 0 Å². The van der Waals surface area contributed by atoms with Crippen LogP contribution in [-0.4, -0.2) is 0 Å². The van der Waals surface area contributed by atoms with E-state index in [1.54, 1.807) is 11.1 Å². The molecule has 3 aliphatic carbocycles. The van der Waals surface area contributed by atoms with E-state index in [1.165, 1.54) is 52.8 Å². The third-order valence-corrected chi connectivity index (χ3v) is 5.97. The molecule has 0 saturated carbocycles. The van der Waals surface area contributed by atoms with Gasteiger partial charge < -0.3 is 0 Å². The zero-order chi connectivity index (χ0) is 18.1. The molecule has 1 unspecified atom stereocenters. The average molecular weight is 348 g/mol. The maximum Gasteiger partial charge on any atom is 0.0204 e. The van der Waals surface area contributed by atoms with Crippen LogP contribution in [0.25, 0.3) is 21.5 Å². The third-order valence-electron chi connectivity index (χ3n) is 5.97. The van der Waals surface area contributed by atoms with Crippen molar-refractivity contribution in [2.24, 2.45) is 5.92 Å². The second-order valence-corrected chi connectivity index (χ2v) is 7.61. The van der Waals surface area contributed by atoms with Crippen LogP contribution in [0.15, 0.2) is 96.6 Å². The standard InChI is InChI=1S/C18H16.C9H8/c1-3-7-15-13(5-1)9-11-18-16-8-4-2-6-14(16)10-12-17(15)18;1-2-5-9-7-3-6-8(9)4-1/h1,3,5,7,9-12H,2,4,6,8H2;1-8H. The predicted molar refractivity (Wildman–Crippen MR) is 117 cm³/mol. The normalized spacial score (nSPS) is 19.4. The van der Waals surface area contributed by atoms with Gasteiger partial charge in [-0.15, -0.1) is 0 Å². The first-order valence-corrected chi connectivity index (χ1v) is 10.1. The number of allylic oxidation sites excluding steroid dienone is 8. The predicted octanol–water partition coefficient (Wildman–Crippen LogP) is 7.10. The van der Waals surface area contributed by atoms with E-state index in [0.29, 0.717) is 5.92 Å². The van der Waals surface area contributed by atoms with Gasteiger partial charge in [-0.3, -0.25) is 0 Å². The zero-order valence-electron chi connectivity index (χ0n) is 15.6. The van der Waals surface area contributed by atoms with Gasteiger partial charge in [-0.1, -0.05) is 91.1 Å². The van der Waals surface area contributed by atoms with Gasteiger partial charge in [-0.2, -0.15) is 0 Å². The fourth-order valence-electron chi connectivity index (χ4n) is 4.54. The summed E-state index contributed by atoms with van der Waals surface area (Å²) in [5, 5.41) is 5.64. The highest BCUT2D eigenvalue weighted by molar-refractivity contribution is 6.08. The molecule has 132 valence electrons. The molecule has 0 saturated heterocycles. The third kappa shape index (κ3) is 3.06. The van der Waals surface area contributed by atoms with Crippen molar-refractivity contribution in [1.29, 1.82) is 0 Å². The molecule has 0 heteroatoms. The lowest BCUT2D eigenvalue weighted by Crippen LogP contribution is -2.02. The van der Waals surface area contributed by atoms with Crippen LogP contribution in [0.2, 0.25) is 0 Å². The lowest BCUT2D eigenvalue weighted by Gasteiger charge is -2.18. The number of hydrogen-bond donors (Lipinski definition) is 0. The molecule has 3 aromatic carbocycles. The van der Waals surface area contributed by atoms with Gasteiger partial charge in [0.2, 0.25) is 0 Å². The van der Waals surface area contributed by atoms with Crippen molar-refractivity contribution in [1.82, 2.24) is 0 Å². The Kier molecular flexibility index (Phi) is 4.26. The van der Waals surface area contributed by atoms with Crippen LogP contribution >= 0.6 is 0 Å². The van der Waals surface area contributed by atoms with Gasteiger partial charge in [-0.05, 0) is 63.9 Å². The van der Waals surface area contributed by atoms with Gasteiger partial charge in [0.1, 0.15) is 0 Å². The molecule has 0 bridgehead atoms. The molecular formula is C27H24. The Morgan fingerprint density at radius 3 is 2.48 bits per heavy atom. The molecule has 0 N–H and O–H groups in total. The van der Waals surface area contributed by atoms with Gasteiger partial charge in [0.05, 0.1) is 0 Å². The molecule has 0 amide bonds. The molecule has 3 aliphatic rings. The Morgan fingerprint density at radius 2 is 1.52 bits per heavy atom. The maximum absolute atomic E-state index is 2.35. The van der Waals surface area contributed by atoms with Crippen molar-refractivity contribution in [3.05, 3.63) is 108 Å². The van der Waals surface area contributed by atoms with E-state index in [4.69, 9.17) is 0 Å². The highest BCUT2D eigenvalue weighted by atomic mass is 14.2. The van der Waals surface area contributed by atoms with Crippen LogP contribution in [0.5, 0.6) is 0 Å². The first-order chi connectivity index (χ1) is 13.4. The number of rotatable bonds is 0. The van der Waals surface area contributed by atoms with E-state index in [1.807, 2.05) is 0 Å². The van der Waals surface area contributed by atoms with Crippen LogP contribution in [0.1, 0.15) is 24.0 Å². The summed E-state index contributed by atoms with van der Waals surface area (Å²) in [4.78, 5) is 0. The molecule has 0 radical (unpaired) electrons. The molecule has 27 heavy (non-hydrogen) atoms. The van der Waals surface area contributed by atoms with Gasteiger partial charge in [0, 0.05) is 5.92 Å². The minimum absolute atomic E-state index is 0.579. The summed E-state index contributed by atoms with van der Waals surface area (Å²) >= 11 is 0. The van der Waals surface area contributed by atoms with Gasteiger partial charge in [0.25, 0.3) is 0 Å². The second kappa shape index (κ2) is 7.04. The maximum atomic E-state index is 2.35. The molecule has 0 heterocycles. The number of aryl methyl sites for hydroxylation is 2. The number of hydrogen-bond acceptors (Lipinski definition) is 0. The summed E-state index contributed by atoms with van der Waals surface area (Å²) in [5.74, 6) is 0.579. The largest absolute Gasteiger partial charge is 0.0732 e. The first kappa shape index (κ1) is 16.3. The Morgan fingerprint density at radius 1 is 0.667 bits per heavy atom. The highest BCUT2D eigenvalue weighted by Crippen LogP contribution is 2.33. The fourth-order valence-corrected chi connectivity index (χ4v) is 4.54. The summed E-state index contributed by atoms with van der Waals surface area (Å²) in [5.41, 5.74) is 4.59. The second-order valence-electron chi connectivity index (χ2n) is 7.61. The number of benzene rings is 3. The summed E-state index contributed by atoms with van der Waals surface area (Å²) < 4.78 is 0. The summed E-state index contributed by atoms with van der Waals surface area (Å²) in [6.45, 7) is 0. The molecule has 6 rings (SSSR count). The Labute approximate surface area is 161 Å². The monoisotopic (exact) mass is 348 g/mol. The fraction of sp³-hybridized carbons (Fsp3) is 0.185. The van der Waals surface area contributed by atoms with Gasteiger partial charge in [0.15, 0.2) is 0 Å². The van der Waals surface area contributed by atoms with Crippen LogP contribution in [0, 0.1) is 5.92 Å². The van der Waals surface area contributed by atoms with Crippen molar-refractivity contribution in [3.8, 4) is 0 Å². The Balaban J connectivity index is 0.000000149. The Hall–Kier alpha value is -2.86. The van der Waals surface area contributed by atoms with E-state index in [0.717, 1.165) is 0 Å². The minimum Gasteiger partial charge on any atom is -0.0732 e. The van der Waals surface area contributed by atoms with E-state index in [9.17, 15) is 0 Å². The molecule has 3 aromatic rings. The molecular weight excluding hydrogens is 324 g/mol. The van der Waals surface area contributed by atoms with E-state index in [-0.39, 0.29) is 0 Å². The SMILES string of the molecule is C1=CC2=CC=CC2C=C1.c1ccc2c(c1)ccc1c3c(ccc12)CCCC3.